The highest BCUT2D eigenvalue weighted by atomic mass is 16.6. The molecule has 0 spiro atoms. The van der Waals surface area contributed by atoms with Crippen molar-refractivity contribution in [3.05, 3.63) is 94.6 Å². The van der Waals surface area contributed by atoms with Crippen molar-refractivity contribution in [1.82, 2.24) is 5.32 Å². The molecule has 4 N–H and O–H groups in total. The van der Waals surface area contributed by atoms with Crippen LogP contribution in [0.25, 0.3) is 0 Å². The van der Waals surface area contributed by atoms with Gasteiger partial charge < -0.3 is 44.3 Å². The number of esters is 4. The molecule has 4 aliphatic carbocycles. The molecule has 3 saturated carbocycles. The second-order valence-electron chi connectivity index (χ2n) is 18.3. The Morgan fingerprint density at radius 2 is 1.52 bits per heavy atom. The molecule has 1 heterocycles. The molecular weight excluding hydrogens is 803 g/mol. The van der Waals surface area contributed by atoms with E-state index in [0.717, 1.165) is 6.92 Å². The van der Waals surface area contributed by atoms with Crippen LogP contribution in [-0.4, -0.2) is 111 Å². The SMILES string of the molecule is CC(=O)O[C@H]1C(=O)[C@@]2(C)C([C@H](OC(=O)c3ccccc3)[C@]3(O)C[C@H](OC(=O)[C@H](O)C(C=C(C)C)NC(=O)c4ccccc4)C(C)=C1C3(C)C)[C@]1(OC(=O)C3CC3)CO[C@@H]1C[C@@H]2O. The number of amides is 1. The van der Waals surface area contributed by atoms with Crippen LogP contribution >= 0.6 is 0 Å². The van der Waals surface area contributed by atoms with Gasteiger partial charge in [0.1, 0.15) is 23.9 Å². The summed E-state index contributed by atoms with van der Waals surface area (Å²) in [6.45, 7) is 10.4. The maximum atomic E-state index is 15.6. The number of allylic oxidation sites excluding steroid dienone is 1. The minimum atomic E-state index is -2.37. The first-order chi connectivity index (χ1) is 29.2. The van der Waals surface area contributed by atoms with Crippen molar-refractivity contribution < 1.29 is 67.8 Å². The third-order valence-corrected chi connectivity index (χ3v) is 13.7. The summed E-state index contributed by atoms with van der Waals surface area (Å²) in [5.74, 6) is -6.95. The van der Waals surface area contributed by atoms with Crippen molar-refractivity contribution in [2.45, 2.75) is 128 Å². The minimum absolute atomic E-state index is 0.0145. The zero-order chi connectivity index (χ0) is 45.1. The highest BCUT2D eigenvalue weighted by Crippen LogP contribution is 2.64. The summed E-state index contributed by atoms with van der Waals surface area (Å²) in [6.07, 6.45) is -7.69. The molecule has 2 unspecified atom stereocenters. The van der Waals surface area contributed by atoms with Gasteiger partial charge in [0, 0.05) is 30.7 Å². The van der Waals surface area contributed by atoms with Crippen LogP contribution < -0.4 is 5.32 Å². The normalized spacial score (nSPS) is 33.0. The Bertz CT molecular complexity index is 2190. The first-order valence-electron chi connectivity index (χ1n) is 21.0. The predicted molar refractivity (Wildman–Crippen MR) is 219 cm³/mol. The van der Waals surface area contributed by atoms with E-state index in [1.54, 1.807) is 76.2 Å². The lowest BCUT2D eigenvalue weighted by Crippen LogP contribution is -2.82. The summed E-state index contributed by atoms with van der Waals surface area (Å²) in [6, 6.07) is 14.8. The lowest BCUT2D eigenvalue weighted by atomic mass is 9.44. The first-order valence-corrected chi connectivity index (χ1v) is 21.0. The Labute approximate surface area is 359 Å². The molecule has 0 radical (unpaired) electrons. The van der Waals surface area contributed by atoms with Gasteiger partial charge in [0.05, 0.1) is 41.6 Å². The number of carbonyl (C=O) groups excluding carboxylic acids is 6. The van der Waals surface area contributed by atoms with Crippen molar-refractivity contribution in [2.75, 3.05) is 6.61 Å². The number of ketones is 1. The maximum Gasteiger partial charge on any atom is 0.338 e. The standard InChI is InChI=1S/C47H55NO14/c1-24(2)20-30(48-40(53)27-14-10-8-11-15-27)35(51)43(56)60-31-22-47(57)39(61-41(54)28-16-12-9-13-17-28)37-45(7,38(52)36(59-26(4)49)34(25(31)3)44(47,5)6)32(50)21-33-46(37,23-58-33)62-42(55)29-18-19-29/h8-17,20,29-33,35-37,39,50-51,57H,18-19,21-23H2,1-7H3,(H,48,53)/t30?,31-,32-,33+,35+,36+,37?,39-,45+,46-,47+/m0/s1. The van der Waals surface area contributed by atoms with Gasteiger partial charge in [-0.25, -0.2) is 9.59 Å². The quantitative estimate of drug-likeness (QED) is 0.144. The highest BCUT2D eigenvalue weighted by molar-refractivity contribution is 5.96. The average Bonchev–Trinajstić information content (AvgIpc) is 4.08. The fraction of sp³-hybridized carbons (Fsp3) is 0.532. The number of hydrogen-bond donors (Lipinski definition) is 4. The van der Waals surface area contributed by atoms with Crippen LogP contribution in [0.5, 0.6) is 0 Å². The second-order valence-corrected chi connectivity index (χ2v) is 18.3. The van der Waals surface area contributed by atoms with E-state index in [0.29, 0.717) is 18.4 Å². The van der Waals surface area contributed by atoms with E-state index in [-0.39, 0.29) is 35.3 Å². The van der Waals surface area contributed by atoms with Crippen molar-refractivity contribution in [2.24, 2.45) is 22.7 Å². The Hall–Kier alpha value is -5.22. The van der Waals surface area contributed by atoms with Crippen LogP contribution in [0.1, 0.15) is 94.9 Å². The molecule has 2 bridgehead atoms. The number of benzene rings is 2. The molecule has 1 aliphatic heterocycles. The Kier molecular flexibility index (Phi) is 11.9. The molecule has 332 valence electrons. The van der Waals surface area contributed by atoms with Crippen molar-refractivity contribution in [1.29, 1.82) is 0 Å². The van der Waals surface area contributed by atoms with Gasteiger partial charge in [0.15, 0.2) is 23.6 Å². The van der Waals surface area contributed by atoms with Crippen LogP contribution in [0.4, 0.5) is 0 Å². The molecule has 1 saturated heterocycles. The molecule has 2 aromatic rings. The monoisotopic (exact) mass is 857 g/mol. The van der Waals surface area contributed by atoms with Gasteiger partial charge in [-0.3, -0.25) is 19.2 Å². The smallest absolute Gasteiger partial charge is 0.338 e. The number of nitrogens with one attached hydrogen (secondary N) is 1. The zero-order valence-electron chi connectivity index (χ0n) is 35.9. The molecule has 15 heteroatoms. The number of rotatable bonds is 11. The number of aliphatic hydroxyl groups excluding tert-OH is 2. The van der Waals surface area contributed by atoms with Crippen LogP contribution in [0.2, 0.25) is 0 Å². The topological polar surface area (TPSA) is 221 Å². The van der Waals surface area contributed by atoms with Gasteiger partial charge in [-0.2, -0.15) is 0 Å². The van der Waals surface area contributed by atoms with Gasteiger partial charge >= 0.3 is 23.9 Å². The largest absolute Gasteiger partial charge is 0.456 e. The van der Waals surface area contributed by atoms with E-state index in [4.69, 9.17) is 23.7 Å². The van der Waals surface area contributed by atoms with Crippen LogP contribution in [0, 0.1) is 22.7 Å². The molecule has 2 aromatic carbocycles. The number of fused-ring (bicyclic) bond motifs is 5. The van der Waals surface area contributed by atoms with Crippen molar-refractivity contribution in [3.63, 3.8) is 0 Å². The van der Waals surface area contributed by atoms with E-state index in [1.807, 2.05) is 0 Å². The Balaban J connectivity index is 1.38. The fourth-order valence-corrected chi connectivity index (χ4v) is 10.1. The molecule has 1 amide bonds. The van der Waals surface area contributed by atoms with Gasteiger partial charge in [-0.05, 0) is 75.9 Å². The van der Waals surface area contributed by atoms with Crippen molar-refractivity contribution in [3.8, 4) is 0 Å². The lowest BCUT2D eigenvalue weighted by molar-refractivity contribution is -0.346. The Morgan fingerprint density at radius 3 is 2.06 bits per heavy atom. The number of ether oxygens (including phenoxy) is 5. The highest BCUT2D eigenvalue weighted by Gasteiger charge is 2.78. The van der Waals surface area contributed by atoms with E-state index < -0.39 is 119 Å². The molecule has 5 aliphatic rings. The minimum Gasteiger partial charge on any atom is -0.456 e. The summed E-state index contributed by atoms with van der Waals surface area (Å²) in [7, 11) is 0. The molecule has 15 nitrogen and oxygen atoms in total. The number of carbonyl (C=O) groups is 6. The molecule has 11 atom stereocenters. The molecule has 62 heavy (non-hydrogen) atoms. The fourth-order valence-electron chi connectivity index (χ4n) is 10.1. The molecular formula is C47H55NO14. The van der Waals surface area contributed by atoms with Gasteiger partial charge in [0.2, 0.25) is 0 Å². The molecule has 7 rings (SSSR count). The van der Waals surface area contributed by atoms with Gasteiger partial charge in [0.25, 0.3) is 5.91 Å². The van der Waals surface area contributed by atoms with E-state index in [2.05, 4.69) is 5.32 Å². The summed E-state index contributed by atoms with van der Waals surface area (Å²) in [4.78, 5) is 84.0. The van der Waals surface area contributed by atoms with Gasteiger partial charge in [-0.15, -0.1) is 0 Å². The average molecular weight is 858 g/mol. The van der Waals surface area contributed by atoms with E-state index in [1.165, 1.54) is 32.1 Å². The third kappa shape index (κ3) is 7.56. The van der Waals surface area contributed by atoms with Crippen LogP contribution in [0.15, 0.2) is 83.5 Å². The van der Waals surface area contributed by atoms with Crippen molar-refractivity contribution >= 4 is 35.6 Å². The molecule has 0 aromatic heterocycles. The maximum absolute atomic E-state index is 15.6. The van der Waals surface area contributed by atoms with Gasteiger partial charge in [-0.1, -0.05) is 61.9 Å². The lowest BCUT2D eigenvalue weighted by Gasteiger charge is -2.67. The summed E-state index contributed by atoms with van der Waals surface area (Å²) >= 11 is 0. The molecule has 4 fully saturated rings. The zero-order valence-corrected chi connectivity index (χ0v) is 35.9. The third-order valence-electron chi connectivity index (χ3n) is 13.7. The number of hydrogen-bond acceptors (Lipinski definition) is 14. The van der Waals surface area contributed by atoms with E-state index in [9.17, 15) is 39.3 Å². The Morgan fingerprint density at radius 1 is 0.903 bits per heavy atom. The number of aliphatic hydroxyl groups is 3. The van der Waals surface area contributed by atoms with E-state index >= 15 is 4.79 Å². The van der Waals surface area contributed by atoms with Crippen LogP contribution in [0.3, 0.4) is 0 Å². The second kappa shape index (κ2) is 16.5. The first kappa shape index (κ1) is 44.8. The van der Waals surface area contributed by atoms with Crippen LogP contribution in [-0.2, 0) is 42.9 Å². The summed E-state index contributed by atoms with van der Waals surface area (Å²) in [5.41, 5.74) is -6.58. The summed E-state index contributed by atoms with van der Waals surface area (Å²) < 4.78 is 30.7. The predicted octanol–water partition coefficient (Wildman–Crippen LogP) is 3.72. The number of Topliss-reactive ketones (excluding diaryl/α,β-unsaturated/α-hetero) is 1. The summed E-state index contributed by atoms with van der Waals surface area (Å²) in [5, 5.41) is 40.1.